The van der Waals surface area contributed by atoms with Gasteiger partial charge in [-0.15, -0.1) is 0 Å². The zero-order valence-corrected chi connectivity index (χ0v) is 9.75. The van der Waals surface area contributed by atoms with Crippen LogP contribution in [0.5, 0.6) is 5.75 Å². The quantitative estimate of drug-likeness (QED) is 0.783. The van der Waals surface area contributed by atoms with Crippen molar-refractivity contribution in [3.05, 3.63) is 41.3 Å². The minimum absolute atomic E-state index is 0.322. The minimum Gasteiger partial charge on any atom is -0.496 e. The molecule has 1 heterocycles. The zero-order chi connectivity index (χ0) is 11.7. The molecule has 0 radical (unpaired) electrons. The van der Waals surface area contributed by atoms with E-state index in [1.165, 1.54) is 13.2 Å². The third-order valence-electron chi connectivity index (χ3n) is 2.51. The highest BCUT2D eigenvalue weighted by molar-refractivity contribution is 6.29. The van der Waals surface area contributed by atoms with E-state index in [0.29, 0.717) is 22.2 Å². The molecule has 0 aliphatic heterocycles. The van der Waals surface area contributed by atoms with E-state index >= 15 is 0 Å². The molecule has 0 N–H and O–H groups in total. The molecule has 0 saturated carbocycles. The van der Waals surface area contributed by atoms with Crippen molar-refractivity contribution in [3.63, 3.8) is 0 Å². The van der Waals surface area contributed by atoms with E-state index in [2.05, 4.69) is 0 Å². The molecule has 0 atom stereocenters. The standard InChI is InChI=1S/C12H11ClFNO/c1-15-9(6-7-11(15)13)12-8(14)4-3-5-10(12)16-2/h3-7H,1-2H3. The Balaban J connectivity index is 2.68. The Bertz CT molecular complexity index is 522. The Morgan fingerprint density at radius 1 is 1.25 bits per heavy atom. The van der Waals surface area contributed by atoms with Gasteiger partial charge in [-0.1, -0.05) is 17.7 Å². The smallest absolute Gasteiger partial charge is 0.136 e. The van der Waals surface area contributed by atoms with Gasteiger partial charge < -0.3 is 9.30 Å². The van der Waals surface area contributed by atoms with Gasteiger partial charge in [0, 0.05) is 7.05 Å². The highest BCUT2D eigenvalue weighted by Crippen LogP contribution is 2.34. The van der Waals surface area contributed by atoms with Crippen LogP contribution in [0.1, 0.15) is 0 Å². The van der Waals surface area contributed by atoms with E-state index in [9.17, 15) is 4.39 Å². The topological polar surface area (TPSA) is 14.2 Å². The van der Waals surface area contributed by atoms with Crippen LogP contribution in [0, 0.1) is 5.82 Å². The molecule has 2 aromatic rings. The van der Waals surface area contributed by atoms with Gasteiger partial charge in [-0.25, -0.2) is 4.39 Å². The van der Waals surface area contributed by atoms with Gasteiger partial charge in [-0.3, -0.25) is 0 Å². The summed E-state index contributed by atoms with van der Waals surface area (Å²) >= 11 is 5.93. The fraction of sp³-hybridized carbons (Fsp3) is 0.167. The molecule has 2 rings (SSSR count). The first-order valence-electron chi connectivity index (χ1n) is 4.79. The van der Waals surface area contributed by atoms with Gasteiger partial charge in [0.05, 0.1) is 18.4 Å². The van der Waals surface area contributed by atoms with Crippen LogP contribution in [-0.2, 0) is 7.05 Å². The van der Waals surface area contributed by atoms with Gasteiger partial charge in [-0.2, -0.15) is 0 Å². The van der Waals surface area contributed by atoms with E-state index in [4.69, 9.17) is 16.3 Å². The van der Waals surface area contributed by atoms with Crippen LogP contribution in [0.3, 0.4) is 0 Å². The number of hydrogen-bond donors (Lipinski definition) is 0. The summed E-state index contributed by atoms with van der Waals surface area (Å²) in [4.78, 5) is 0. The van der Waals surface area contributed by atoms with Gasteiger partial charge in [-0.05, 0) is 24.3 Å². The lowest BCUT2D eigenvalue weighted by Gasteiger charge is -2.10. The van der Waals surface area contributed by atoms with Crippen molar-refractivity contribution in [2.45, 2.75) is 0 Å². The third kappa shape index (κ3) is 1.67. The van der Waals surface area contributed by atoms with Gasteiger partial charge in [0.2, 0.25) is 0 Å². The van der Waals surface area contributed by atoms with Crippen molar-refractivity contribution in [2.75, 3.05) is 7.11 Å². The molecule has 4 heteroatoms. The molecule has 0 aliphatic rings. The second kappa shape index (κ2) is 4.18. The van der Waals surface area contributed by atoms with Gasteiger partial charge in [0.25, 0.3) is 0 Å². The maximum absolute atomic E-state index is 13.8. The summed E-state index contributed by atoms with van der Waals surface area (Å²) in [6.45, 7) is 0. The van der Waals surface area contributed by atoms with Crippen molar-refractivity contribution in [3.8, 4) is 17.0 Å². The van der Waals surface area contributed by atoms with Crippen molar-refractivity contribution < 1.29 is 9.13 Å². The van der Waals surface area contributed by atoms with Crippen LogP contribution in [0.4, 0.5) is 4.39 Å². The second-order valence-electron chi connectivity index (χ2n) is 3.42. The number of hydrogen-bond acceptors (Lipinski definition) is 1. The van der Waals surface area contributed by atoms with Crippen LogP contribution in [0.25, 0.3) is 11.3 Å². The maximum atomic E-state index is 13.8. The molecule has 0 unspecified atom stereocenters. The minimum atomic E-state index is -0.322. The number of benzene rings is 1. The van der Waals surface area contributed by atoms with Gasteiger partial charge in [0.15, 0.2) is 0 Å². The summed E-state index contributed by atoms with van der Waals surface area (Å²) < 4.78 is 20.6. The molecule has 0 fully saturated rings. The Kier molecular flexibility index (Phi) is 2.88. The van der Waals surface area contributed by atoms with Crippen LogP contribution in [-0.4, -0.2) is 11.7 Å². The molecular formula is C12H11ClFNO. The second-order valence-corrected chi connectivity index (χ2v) is 3.80. The fourth-order valence-corrected chi connectivity index (χ4v) is 1.81. The average molecular weight is 240 g/mol. The number of nitrogens with zero attached hydrogens (tertiary/aromatic N) is 1. The number of aromatic nitrogens is 1. The molecule has 2 nitrogen and oxygen atoms in total. The lowest BCUT2D eigenvalue weighted by atomic mass is 10.1. The predicted octanol–water partition coefficient (Wildman–Crippen LogP) is 3.49. The summed E-state index contributed by atoms with van der Waals surface area (Å²) in [5.74, 6) is 0.176. The highest BCUT2D eigenvalue weighted by Gasteiger charge is 2.15. The Hall–Kier alpha value is -1.48. The molecule has 0 aliphatic carbocycles. The normalized spacial score (nSPS) is 10.5. The number of halogens is 2. The van der Waals surface area contributed by atoms with Gasteiger partial charge in [0.1, 0.15) is 16.7 Å². The first-order valence-corrected chi connectivity index (χ1v) is 5.17. The molecular weight excluding hydrogens is 229 g/mol. The van der Waals surface area contributed by atoms with Crippen LogP contribution in [0.2, 0.25) is 5.15 Å². The maximum Gasteiger partial charge on any atom is 0.136 e. The summed E-state index contributed by atoms with van der Waals surface area (Å²) in [6, 6.07) is 8.23. The molecule has 1 aromatic heterocycles. The lowest BCUT2D eigenvalue weighted by molar-refractivity contribution is 0.413. The monoisotopic (exact) mass is 239 g/mol. The van der Waals surface area contributed by atoms with Crippen LogP contribution in [0.15, 0.2) is 30.3 Å². The zero-order valence-electron chi connectivity index (χ0n) is 9.00. The SMILES string of the molecule is COc1cccc(F)c1-c1ccc(Cl)n1C. The lowest BCUT2D eigenvalue weighted by Crippen LogP contribution is -1.97. The Labute approximate surface area is 98.2 Å². The van der Waals surface area contributed by atoms with E-state index < -0.39 is 0 Å². The van der Waals surface area contributed by atoms with E-state index in [1.54, 1.807) is 35.9 Å². The number of rotatable bonds is 2. The van der Waals surface area contributed by atoms with E-state index in [-0.39, 0.29) is 5.82 Å². The fourth-order valence-electron chi connectivity index (χ4n) is 1.66. The average Bonchev–Trinajstić information content (AvgIpc) is 2.60. The van der Waals surface area contributed by atoms with Crippen molar-refractivity contribution >= 4 is 11.6 Å². The summed E-state index contributed by atoms with van der Waals surface area (Å²) in [6.07, 6.45) is 0. The third-order valence-corrected chi connectivity index (χ3v) is 2.89. The molecule has 0 spiro atoms. The molecule has 1 aromatic carbocycles. The summed E-state index contributed by atoms with van der Waals surface area (Å²) in [7, 11) is 3.30. The molecule has 0 amide bonds. The number of ether oxygens (including phenoxy) is 1. The first-order chi connectivity index (χ1) is 7.65. The van der Waals surface area contributed by atoms with Crippen LogP contribution < -0.4 is 4.74 Å². The van der Waals surface area contributed by atoms with Crippen molar-refractivity contribution in [1.29, 1.82) is 0 Å². The summed E-state index contributed by atoms with van der Waals surface area (Å²) in [5, 5.41) is 0.556. The molecule has 0 saturated heterocycles. The molecule has 16 heavy (non-hydrogen) atoms. The number of methoxy groups -OCH3 is 1. The Morgan fingerprint density at radius 2 is 2.00 bits per heavy atom. The van der Waals surface area contributed by atoms with E-state index in [0.717, 1.165) is 0 Å². The molecule has 84 valence electrons. The van der Waals surface area contributed by atoms with Gasteiger partial charge >= 0.3 is 0 Å². The highest BCUT2D eigenvalue weighted by atomic mass is 35.5. The Morgan fingerprint density at radius 3 is 2.56 bits per heavy atom. The molecule has 0 bridgehead atoms. The largest absolute Gasteiger partial charge is 0.496 e. The van der Waals surface area contributed by atoms with Crippen LogP contribution >= 0.6 is 11.6 Å². The first kappa shape index (κ1) is 11.0. The van der Waals surface area contributed by atoms with E-state index in [1.807, 2.05) is 0 Å². The predicted molar refractivity (Wildman–Crippen MR) is 62.4 cm³/mol. The summed E-state index contributed by atoms with van der Waals surface area (Å²) in [5.41, 5.74) is 1.12. The van der Waals surface area contributed by atoms with Crippen molar-refractivity contribution in [1.82, 2.24) is 4.57 Å². The van der Waals surface area contributed by atoms with Crippen molar-refractivity contribution in [2.24, 2.45) is 7.05 Å².